The predicted octanol–water partition coefficient (Wildman–Crippen LogP) is 5.61. The summed E-state index contributed by atoms with van der Waals surface area (Å²) in [6.45, 7) is 12.3. The second-order valence-corrected chi connectivity index (χ2v) is 9.66. The van der Waals surface area contributed by atoms with Gasteiger partial charge in [-0.2, -0.15) is 0 Å². The molecule has 0 saturated carbocycles. The number of fused-ring (bicyclic) bond motifs is 1. The van der Waals surface area contributed by atoms with Gasteiger partial charge in [0, 0.05) is 24.9 Å². The van der Waals surface area contributed by atoms with Gasteiger partial charge in [-0.15, -0.1) is 0 Å². The summed E-state index contributed by atoms with van der Waals surface area (Å²) in [5.74, 6) is 2.13. The van der Waals surface area contributed by atoms with Crippen molar-refractivity contribution in [2.24, 2.45) is 5.41 Å². The number of para-hydroxylation sites is 2. The Morgan fingerprint density at radius 2 is 1.75 bits per heavy atom. The normalized spacial score (nSPS) is 11.7. The van der Waals surface area contributed by atoms with Crippen molar-refractivity contribution >= 4 is 16.9 Å². The van der Waals surface area contributed by atoms with Gasteiger partial charge in [-0.05, 0) is 68.5 Å². The summed E-state index contributed by atoms with van der Waals surface area (Å²) in [5, 5.41) is 3.04. The number of nitrogens with one attached hydrogen (secondary N) is 1. The number of rotatable bonds is 10. The molecule has 2 aromatic carbocycles. The summed E-state index contributed by atoms with van der Waals surface area (Å²) < 4.78 is 8.30. The van der Waals surface area contributed by atoms with Crippen LogP contribution in [0.5, 0.6) is 5.75 Å². The zero-order chi connectivity index (χ0) is 23.1. The SMILES string of the molecule is Cc1cc(C)cc(OCCCCn2c(CCCNC(=O)C(C)(C)C)nc3ccccc32)c1. The van der Waals surface area contributed by atoms with E-state index in [2.05, 4.69) is 60.1 Å². The Balaban J connectivity index is 1.54. The van der Waals surface area contributed by atoms with Crippen LogP contribution in [0.15, 0.2) is 42.5 Å². The summed E-state index contributed by atoms with van der Waals surface area (Å²) in [6, 6.07) is 14.6. The molecule has 0 aliphatic carbocycles. The third-order valence-corrected chi connectivity index (χ3v) is 5.52. The number of imidazole rings is 1. The van der Waals surface area contributed by atoms with E-state index >= 15 is 0 Å². The van der Waals surface area contributed by atoms with Crippen LogP contribution in [-0.2, 0) is 17.8 Å². The van der Waals surface area contributed by atoms with Gasteiger partial charge in [0.2, 0.25) is 5.91 Å². The van der Waals surface area contributed by atoms with Crippen LogP contribution in [0.1, 0.15) is 57.0 Å². The summed E-state index contributed by atoms with van der Waals surface area (Å²) in [5.41, 5.74) is 4.32. The van der Waals surface area contributed by atoms with Gasteiger partial charge in [0.15, 0.2) is 0 Å². The van der Waals surface area contributed by atoms with Crippen LogP contribution in [0.25, 0.3) is 11.0 Å². The Morgan fingerprint density at radius 1 is 1.03 bits per heavy atom. The molecule has 1 aromatic heterocycles. The van der Waals surface area contributed by atoms with E-state index in [0.717, 1.165) is 49.3 Å². The number of ether oxygens (including phenoxy) is 1. The van der Waals surface area contributed by atoms with Crippen molar-refractivity contribution in [2.75, 3.05) is 13.2 Å². The minimum Gasteiger partial charge on any atom is -0.494 e. The predicted molar refractivity (Wildman–Crippen MR) is 131 cm³/mol. The molecule has 0 bridgehead atoms. The Morgan fingerprint density at radius 3 is 2.47 bits per heavy atom. The first kappa shape index (κ1) is 23.8. The van der Waals surface area contributed by atoms with Crippen LogP contribution < -0.4 is 10.1 Å². The van der Waals surface area contributed by atoms with E-state index in [1.807, 2.05) is 26.8 Å². The molecule has 172 valence electrons. The number of hydrogen-bond donors (Lipinski definition) is 1. The second kappa shape index (κ2) is 10.7. The molecular formula is C27H37N3O2. The number of carbonyl (C=O) groups is 1. The molecule has 0 aliphatic heterocycles. The lowest BCUT2D eigenvalue weighted by molar-refractivity contribution is -0.128. The average molecular weight is 436 g/mol. The van der Waals surface area contributed by atoms with Gasteiger partial charge in [-0.1, -0.05) is 39.0 Å². The third-order valence-electron chi connectivity index (χ3n) is 5.52. The van der Waals surface area contributed by atoms with Gasteiger partial charge < -0.3 is 14.6 Å². The van der Waals surface area contributed by atoms with E-state index in [9.17, 15) is 4.79 Å². The molecule has 1 N–H and O–H groups in total. The zero-order valence-electron chi connectivity index (χ0n) is 20.2. The van der Waals surface area contributed by atoms with Crippen molar-refractivity contribution in [1.82, 2.24) is 14.9 Å². The van der Waals surface area contributed by atoms with E-state index in [4.69, 9.17) is 9.72 Å². The van der Waals surface area contributed by atoms with Crippen molar-refractivity contribution in [3.05, 3.63) is 59.4 Å². The van der Waals surface area contributed by atoms with Crippen molar-refractivity contribution in [3.8, 4) is 5.75 Å². The number of amides is 1. The van der Waals surface area contributed by atoms with Gasteiger partial charge >= 0.3 is 0 Å². The molecule has 0 fully saturated rings. The number of aryl methyl sites for hydroxylation is 4. The molecule has 0 unspecified atom stereocenters. The first-order valence-electron chi connectivity index (χ1n) is 11.7. The Hall–Kier alpha value is -2.82. The van der Waals surface area contributed by atoms with E-state index < -0.39 is 0 Å². The average Bonchev–Trinajstić information content (AvgIpc) is 3.07. The molecule has 32 heavy (non-hydrogen) atoms. The summed E-state index contributed by atoms with van der Waals surface area (Å²) in [4.78, 5) is 16.9. The van der Waals surface area contributed by atoms with Crippen molar-refractivity contribution in [1.29, 1.82) is 0 Å². The Bertz CT molecular complexity index is 1030. The largest absolute Gasteiger partial charge is 0.494 e. The molecular weight excluding hydrogens is 398 g/mol. The maximum atomic E-state index is 12.1. The van der Waals surface area contributed by atoms with Crippen LogP contribution >= 0.6 is 0 Å². The molecule has 3 aromatic rings. The molecule has 0 saturated heterocycles. The molecule has 0 aliphatic rings. The fourth-order valence-corrected chi connectivity index (χ4v) is 3.86. The number of aromatic nitrogens is 2. The van der Waals surface area contributed by atoms with Crippen LogP contribution in [0.3, 0.4) is 0 Å². The van der Waals surface area contributed by atoms with Crippen LogP contribution in [0.4, 0.5) is 0 Å². The fraction of sp³-hybridized carbons (Fsp3) is 0.481. The van der Waals surface area contributed by atoms with Gasteiger partial charge in [0.1, 0.15) is 11.6 Å². The first-order valence-corrected chi connectivity index (χ1v) is 11.7. The Labute approximate surface area is 192 Å². The molecule has 1 amide bonds. The van der Waals surface area contributed by atoms with Crippen molar-refractivity contribution in [3.63, 3.8) is 0 Å². The number of unbranched alkanes of at least 4 members (excludes halogenated alkanes) is 1. The van der Waals surface area contributed by atoms with Crippen molar-refractivity contribution < 1.29 is 9.53 Å². The topological polar surface area (TPSA) is 56.1 Å². The molecule has 5 heteroatoms. The first-order chi connectivity index (χ1) is 15.2. The fourth-order valence-electron chi connectivity index (χ4n) is 3.86. The van der Waals surface area contributed by atoms with Gasteiger partial charge in [0.05, 0.1) is 17.6 Å². The van der Waals surface area contributed by atoms with E-state index in [-0.39, 0.29) is 11.3 Å². The maximum Gasteiger partial charge on any atom is 0.225 e. The molecule has 5 nitrogen and oxygen atoms in total. The highest BCUT2D eigenvalue weighted by Crippen LogP contribution is 2.19. The number of hydrogen-bond acceptors (Lipinski definition) is 3. The molecule has 3 rings (SSSR count). The molecule has 0 radical (unpaired) electrons. The number of benzene rings is 2. The highest BCUT2D eigenvalue weighted by molar-refractivity contribution is 5.81. The maximum absolute atomic E-state index is 12.1. The summed E-state index contributed by atoms with van der Waals surface area (Å²) in [6.07, 6.45) is 3.73. The zero-order valence-corrected chi connectivity index (χ0v) is 20.2. The monoisotopic (exact) mass is 435 g/mol. The number of carbonyl (C=O) groups excluding carboxylic acids is 1. The van der Waals surface area contributed by atoms with Crippen LogP contribution in [0, 0.1) is 19.3 Å². The van der Waals surface area contributed by atoms with Gasteiger partial charge in [-0.3, -0.25) is 4.79 Å². The highest BCUT2D eigenvalue weighted by atomic mass is 16.5. The minimum atomic E-state index is -0.355. The van der Waals surface area contributed by atoms with E-state index in [0.29, 0.717) is 13.2 Å². The smallest absolute Gasteiger partial charge is 0.225 e. The van der Waals surface area contributed by atoms with Crippen LogP contribution in [-0.4, -0.2) is 28.6 Å². The molecule has 0 atom stereocenters. The van der Waals surface area contributed by atoms with Gasteiger partial charge in [0.25, 0.3) is 0 Å². The standard InChI is InChI=1S/C27H37N3O2/c1-20-17-21(2)19-22(18-20)32-16-9-8-15-30-24-12-7-6-11-23(24)29-25(30)13-10-14-28-26(31)27(3,4)5/h6-7,11-12,17-19H,8-10,13-16H2,1-5H3,(H,28,31). The second-order valence-electron chi connectivity index (χ2n) is 9.66. The third kappa shape index (κ3) is 6.59. The van der Waals surface area contributed by atoms with Gasteiger partial charge in [-0.25, -0.2) is 4.98 Å². The molecule has 0 spiro atoms. The quantitative estimate of drug-likeness (QED) is 0.421. The summed E-state index contributed by atoms with van der Waals surface area (Å²) in [7, 11) is 0. The Kier molecular flexibility index (Phi) is 7.94. The summed E-state index contributed by atoms with van der Waals surface area (Å²) >= 11 is 0. The highest BCUT2D eigenvalue weighted by Gasteiger charge is 2.20. The van der Waals surface area contributed by atoms with Crippen molar-refractivity contribution in [2.45, 2.75) is 66.8 Å². The van der Waals surface area contributed by atoms with Crippen LogP contribution in [0.2, 0.25) is 0 Å². The minimum absolute atomic E-state index is 0.0924. The van der Waals surface area contributed by atoms with E-state index in [1.54, 1.807) is 0 Å². The number of nitrogens with zero attached hydrogens (tertiary/aromatic N) is 2. The molecule has 1 heterocycles. The lowest BCUT2D eigenvalue weighted by Crippen LogP contribution is -2.35. The lowest BCUT2D eigenvalue weighted by atomic mass is 9.96. The lowest BCUT2D eigenvalue weighted by Gasteiger charge is -2.17. The van der Waals surface area contributed by atoms with E-state index in [1.165, 1.54) is 16.6 Å².